The van der Waals surface area contributed by atoms with Crippen LogP contribution in [-0.2, 0) is 14.3 Å². The number of carbonyl (C=O) groups is 3. The van der Waals surface area contributed by atoms with Crippen molar-refractivity contribution in [3.8, 4) is 0 Å². The van der Waals surface area contributed by atoms with Crippen molar-refractivity contribution < 1.29 is 24.2 Å². The van der Waals surface area contributed by atoms with Crippen LogP contribution in [0.5, 0.6) is 0 Å². The molecule has 0 spiro atoms. The zero-order valence-electron chi connectivity index (χ0n) is 12.4. The van der Waals surface area contributed by atoms with E-state index in [0.717, 1.165) is 5.56 Å². The first-order chi connectivity index (χ1) is 10.4. The second-order valence-corrected chi connectivity index (χ2v) is 5.53. The number of benzene rings is 1. The van der Waals surface area contributed by atoms with E-state index in [9.17, 15) is 19.5 Å². The topological polar surface area (TPSA) is 92.7 Å². The molecule has 1 aliphatic heterocycles. The van der Waals surface area contributed by atoms with Crippen molar-refractivity contribution in [2.24, 2.45) is 0 Å². The van der Waals surface area contributed by atoms with Gasteiger partial charge in [-0.15, -0.1) is 0 Å². The molecule has 0 radical (unpaired) electrons. The number of carboxylic acids is 1. The summed E-state index contributed by atoms with van der Waals surface area (Å²) in [5.41, 5.74) is 0.249. The van der Waals surface area contributed by atoms with Gasteiger partial charge in [-0.05, 0) is 6.92 Å². The van der Waals surface area contributed by atoms with Crippen molar-refractivity contribution in [1.82, 2.24) is 5.32 Å². The summed E-state index contributed by atoms with van der Waals surface area (Å²) in [6, 6.07) is 7.11. The molecule has 1 atom stereocenters. The van der Waals surface area contributed by atoms with Crippen LogP contribution >= 0.6 is 0 Å². The van der Waals surface area contributed by atoms with Crippen LogP contribution in [0.4, 0.5) is 0 Å². The van der Waals surface area contributed by atoms with E-state index in [4.69, 9.17) is 4.74 Å². The Bertz CT molecular complexity index is 573. The number of ether oxygens (including phenoxy) is 1. The molecule has 1 heterocycles. The molecule has 6 heteroatoms. The zero-order valence-corrected chi connectivity index (χ0v) is 12.4. The number of amides is 1. The van der Waals surface area contributed by atoms with Crippen molar-refractivity contribution >= 4 is 17.7 Å². The SMILES string of the molecule is Cc1ccc(C(=O)CCC(=O)NC2(C(=O)O)CCOC2)cc1. The largest absolute Gasteiger partial charge is 0.479 e. The highest BCUT2D eigenvalue weighted by Gasteiger charge is 2.43. The Balaban J connectivity index is 1.88. The highest BCUT2D eigenvalue weighted by molar-refractivity contribution is 5.98. The van der Waals surface area contributed by atoms with E-state index >= 15 is 0 Å². The molecule has 0 aromatic heterocycles. The van der Waals surface area contributed by atoms with Crippen LogP contribution in [0.3, 0.4) is 0 Å². The van der Waals surface area contributed by atoms with Crippen LogP contribution in [0, 0.1) is 6.92 Å². The highest BCUT2D eigenvalue weighted by atomic mass is 16.5. The van der Waals surface area contributed by atoms with Gasteiger partial charge in [-0.2, -0.15) is 0 Å². The van der Waals surface area contributed by atoms with E-state index in [2.05, 4.69) is 5.32 Å². The fourth-order valence-corrected chi connectivity index (χ4v) is 2.33. The number of carboxylic acid groups (broad SMARTS) is 1. The Kier molecular flexibility index (Phi) is 4.92. The van der Waals surface area contributed by atoms with E-state index in [0.29, 0.717) is 12.2 Å². The summed E-state index contributed by atoms with van der Waals surface area (Å²) in [6.45, 7) is 2.19. The molecule has 0 aliphatic carbocycles. The van der Waals surface area contributed by atoms with E-state index < -0.39 is 17.4 Å². The quantitative estimate of drug-likeness (QED) is 0.773. The summed E-state index contributed by atoms with van der Waals surface area (Å²) in [5.74, 6) is -1.70. The van der Waals surface area contributed by atoms with Crippen molar-refractivity contribution in [1.29, 1.82) is 0 Å². The highest BCUT2D eigenvalue weighted by Crippen LogP contribution is 2.19. The minimum absolute atomic E-state index is 0.0399. The van der Waals surface area contributed by atoms with Gasteiger partial charge in [-0.1, -0.05) is 29.8 Å². The second kappa shape index (κ2) is 6.70. The molecule has 1 aromatic carbocycles. The fraction of sp³-hybridized carbons (Fsp3) is 0.438. The molecule has 0 saturated carbocycles. The first kappa shape index (κ1) is 16.2. The molecule has 1 aliphatic rings. The first-order valence-corrected chi connectivity index (χ1v) is 7.15. The van der Waals surface area contributed by atoms with Crippen LogP contribution in [0.2, 0.25) is 0 Å². The van der Waals surface area contributed by atoms with Crippen molar-refractivity contribution in [3.05, 3.63) is 35.4 Å². The standard InChI is InChI=1S/C16H19NO5/c1-11-2-4-12(5-3-11)13(18)6-7-14(19)17-16(15(20)21)8-9-22-10-16/h2-5H,6-10H2,1H3,(H,17,19)(H,20,21). The average Bonchev–Trinajstić information content (AvgIpc) is 2.95. The normalized spacial score (nSPS) is 20.6. The Morgan fingerprint density at radius 2 is 1.91 bits per heavy atom. The second-order valence-electron chi connectivity index (χ2n) is 5.53. The number of rotatable bonds is 6. The minimum Gasteiger partial charge on any atom is -0.479 e. The Labute approximate surface area is 128 Å². The molecule has 1 saturated heterocycles. The van der Waals surface area contributed by atoms with Gasteiger partial charge in [0.15, 0.2) is 11.3 Å². The molecule has 6 nitrogen and oxygen atoms in total. The Hall–Kier alpha value is -2.21. The van der Waals surface area contributed by atoms with Gasteiger partial charge < -0.3 is 15.2 Å². The molecule has 2 N–H and O–H groups in total. The van der Waals surface area contributed by atoms with Crippen molar-refractivity contribution in [2.45, 2.75) is 31.7 Å². The lowest BCUT2D eigenvalue weighted by molar-refractivity contribution is -0.147. The summed E-state index contributed by atoms with van der Waals surface area (Å²) >= 11 is 0. The third kappa shape index (κ3) is 3.71. The van der Waals surface area contributed by atoms with Crippen LogP contribution < -0.4 is 5.32 Å². The van der Waals surface area contributed by atoms with Gasteiger partial charge >= 0.3 is 5.97 Å². The fourth-order valence-electron chi connectivity index (χ4n) is 2.33. The lowest BCUT2D eigenvalue weighted by Crippen LogP contribution is -2.55. The van der Waals surface area contributed by atoms with Gasteiger partial charge in [0.25, 0.3) is 0 Å². The monoisotopic (exact) mass is 305 g/mol. The van der Waals surface area contributed by atoms with E-state index in [1.807, 2.05) is 19.1 Å². The van der Waals surface area contributed by atoms with Crippen LogP contribution in [-0.4, -0.2) is 41.5 Å². The molecule has 0 bridgehead atoms. The van der Waals surface area contributed by atoms with Gasteiger partial charge in [-0.25, -0.2) is 4.79 Å². The van der Waals surface area contributed by atoms with E-state index in [-0.39, 0.29) is 31.7 Å². The van der Waals surface area contributed by atoms with Crippen molar-refractivity contribution in [3.63, 3.8) is 0 Å². The third-order valence-corrected chi connectivity index (χ3v) is 3.76. The van der Waals surface area contributed by atoms with E-state index in [1.54, 1.807) is 12.1 Å². The molecule has 1 unspecified atom stereocenters. The lowest BCUT2D eigenvalue weighted by atomic mass is 9.98. The number of Topliss-reactive ketones (excluding diaryl/α,β-unsaturated/α-hetero) is 1. The van der Waals surface area contributed by atoms with Gasteiger partial charge in [0.1, 0.15) is 0 Å². The van der Waals surface area contributed by atoms with Crippen LogP contribution in [0.15, 0.2) is 24.3 Å². The maximum atomic E-state index is 12.0. The predicted octanol–water partition coefficient (Wildman–Crippen LogP) is 1.32. The first-order valence-electron chi connectivity index (χ1n) is 7.15. The predicted molar refractivity (Wildman–Crippen MR) is 78.7 cm³/mol. The van der Waals surface area contributed by atoms with Gasteiger partial charge in [-0.3, -0.25) is 9.59 Å². The van der Waals surface area contributed by atoms with Gasteiger partial charge in [0.2, 0.25) is 5.91 Å². The number of aryl methyl sites for hydroxylation is 1. The third-order valence-electron chi connectivity index (χ3n) is 3.76. The van der Waals surface area contributed by atoms with E-state index in [1.165, 1.54) is 0 Å². The Morgan fingerprint density at radius 3 is 2.45 bits per heavy atom. The maximum absolute atomic E-state index is 12.0. The maximum Gasteiger partial charge on any atom is 0.331 e. The number of carbonyl (C=O) groups excluding carboxylic acids is 2. The number of ketones is 1. The number of aliphatic carboxylic acids is 1. The summed E-state index contributed by atoms with van der Waals surface area (Å²) in [7, 11) is 0. The smallest absolute Gasteiger partial charge is 0.331 e. The molecule has 1 aromatic rings. The van der Waals surface area contributed by atoms with Gasteiger partial charge in [0.05, 0.1) is 6.61 Å². The summed E-state index contributed by atoms with van der Waals surface area (Å²) in [6.07, 6.45) is 0.243. The molecule has 118 valence electrons. The molecule has 1 fully saturated rings. The summed E-state index contributed by atoms with van der Waals surface area (Å²) in [4.78, 5) is 35.2. The minimum atomic E-state index is -1.36. The van der Waals surface area contributed by atoms with Crippen LogP contribution in [0.25, 0.3) is 0 Å². The number of hydrogen-bond acceptors (Lipinski definition) is 4. The molecular weight excluding hydrogens is 286 g/mol. The number of hydrogen-bond donors (Lipinski definition) is 2. The molecular formula is C16H19NO5. The lowest BCUT2D eigenvalue weighted by Gasteiger charge is -2.23. The van der Waals surface area contributed by atoms with Gasteiger partial charge in [0, 0.05) is 31.4 Å². The van der Waals surface area contributed by atoms with Crippen LogP contribution in [0.1, 0.15) is 35.2 Å². The zero-order chi connectivity index (χ0) is 16.2. The molecule has 2 rings (SSSR count). The summed E-state index contributed by atoms with van der Waals surface area (Å²) in [5, 5.41) is 11.7. The molecule has 1 amide bonds. The molecule has 22 heavy (non-hydrogen) atoms. The average molecular weight is 305 g/mol. The Morgan fingerprint density at radius 1 is 1.23 bits per heavy atom. The summed E-state index contributed by atoms with van der Waals surface area (Å²) < 4.78 is 5.07. The van der Waals surface area contributed by atoms with Crippen molar-refractivity contribution in [2.75, 3.05) is 13.2 Å². The number of nitrogens with one attached hydrogen (secondary N) is 1.